The van der Waals surface area contributed by atoms with Crippen LogP contribution in [0.15, 0.2) is 42.7 Å². The third-order valence-electron chi connectivity index (χ3n) is 6.79. The van der Waals surface area contributed by atoms with Crippen molar-refractivity contribution in [3.05, 3.63) is 59.0 Å². The maximum Gasteiger partial charge on any atom is 0.238 e. The number of amides is 1. The average molecular weight is 442 g/mol. The summed E-state index contributed by atoms with van der Waals surface area (Å²) < 4.78 is 26.5. The summed E-state index contributed by atoms with van der Waals surface area (Å²) in [5.74, 6) is 0.449. The van der Waals surface area contributed by atoms with Crippen LogP contribution in [0, 0.1) is 0 Å². The third kappa shape index (κ3) is 2.58. The minimum atomic E-state index is -3.05. The summed E-state index contributed by atoms with van der Waals surface area (Å²) in [4.78, 5) is 19.4. The van der Waals surface area contributed by atoms with Gasteiger partial charge in [-0.3, -0.25) is 9.78 Å². The zero-order valence-electron chi connectivity index (χ0n) is 16.2. The van der Waals surface area contributed by atoms with Gasteiger partial charge in [-0.1, -0.05) is 11.6 Å². The molecule has 30 heavy (non-hydrogen) atoms. The quantitative estimate of drug-likeness (QED) is 0.622. The molecular formula is C22H20ClN3O3S. The first kappa shape index (κ1) is 18.4. The second-order valence-corrected chi connectivity index (χ2v) is 11.3. The highest BCUT2D eigenvalue weighted by atomic mass is 35.5. The summed E-state index contributed by atoms with van der Waals surface area (Å²) in [5.41, 5.74) is 3.44. The van der Waals surface area contributed by atoms with Crippen molar-refractivity contribution in [2.75, 3.05) is 16.4 Å². The lowest BCUT2D eigenvalue weighted by atomic mass is 9.99. The zero-order valence-corrected chi connectivity index (χ0v) is 17.8. The normalized spacial score (nSPS) is 23.4. The van der Waals surface area contributed by atoms with E-state index in [-0.39, 0.29) is 28.9 Å². The SMILES string of the molecule is O=C1N(Cc2cc3cc(Cl)ccc3n2[C@@H]2CCS(=O)(=O)C2)c2cnccc2C12CC2. The van der Waals surface area contributed by atoms with Crippen LogP contribution in [0.2, 0.25) is 5.02 Å². The van der Waals surface area contributed by atoms with Crippen molar-refractivity contribution < 1.29 is 13.2 Å². The molecule has 0 N–H and O–H groups in total. The van der Waals surface area contributed by atoms with Gasteiger partial charge in [0, 0.05) is 33.9 Å². The number of fused-ring (bicyclic) bond motifs is 3. The number of nitrogens with zero attached hydrogens (tertiary/aromatic N) is 3. The molecule has 2 aliphatic heterocycles. The number of rotatable bonds is 3. The number of aromatic nitrogens is 2. The fourth-order valence-corrected chi connectivity index (χ4v) is 7.09. The molecule has 6 nitrogen and oxygen atoms in total. The Bertz CT molecular complexity index is 1330. The smallest absolute Gasteiger partial charge is 0.238 e. The molecular weight excluding hydrogens is 422 g/mol. The minimum Gasteiger partial charge on any atom is -0.339 e. The minimum absolute atomic E-state index is 0.124. The van der Waals surface area contributed by atoms with Crippen LogP contribution in [0.3, 0.4) is 0 Å². The molecule has 1 saturated heterocycles. The van der Waals surface area contributed by atoms with Crippen molar-refractivity contribution in [3.8, 4) is 0 Å². The lowest BCUT2D eigenvalue weighted by Gasteiger charge is -2.22. The van der Waals surface area contributed by atoms with Gasteiger partial charge in [-0.05, 0) is 55.2 Å². The van der Waals surface area contributed by atoms with E-state index < -0.39 is 9.84 Å². The van der Waals surface area contributed by atoms with Crippen LogP contribution in [0.4, 0.5) is 5.69 Å². The molecule has 1 aliphatic carbocycles. The van der Waals surface area contributed by atoms with Gasteiger partial charge in [0.2, 0.25) is 5.91 Å². The highest BCUT2D eigenvalue weighted by Crippen LogP contribution is 2.57. The molecule has 1 aromatic carbocycles. The monoisotopic (exact) mass is 441 g/mol. The Hall–Kier alpha value is -2.38. The van der Waals surface area contributed by atoms with E-state index in [1.807, 2.05) is 35.2 Å². The number of benzene rings is 1. The maximum absolute atomic E-state index is 13.3. The molecule has 154 valence electrons. The number of sulfone groups is 1. The van der Waals surface area contributed by atoms with Gasteiger partial charge in [-0.25, -0.2) is 8.42 Å². The van der Waals surface area contributed by atoms with Crippen molar-refractivity contribution in [2.24, 2.45) is 0 Å². The number of anilines is 1. The van der Waals surface area contributed by atoms with E-state index in [9.17, 15) is 13.2 Å². The molecule has 8 heteroatoms. The van der Waals surface area contributed by atoms with E-state index in [1.54, 1.807) is 12.4 Å². The average Bonchev–Trinajstić information content (AvgIpc) is 3.27. The molecule has 2 aromatic heterocycles. The number of carbonyl (C=O) groups excluding carboxylic acids is 1. The standard InChI is InChI=1S/C22H20ClN3O3S/c23-15-1-2-19-14(9-15)10-17(26(19)16-4-8-30(28,29)13-16)12-25-20-11-24-7-3-18(20)22(5-6-22)21(25)27/h1-3,7,9-11,16H,4-6,8,12-13H2/t16-/m1/s1. The largest absolute Gasteiger partial charge is 0.339 e. The molecule has 3 aromatic rings. The lowest BCUT2D eigenvalue weighted by molar-refractivity contribution is -0.120. The molecule has 0 unspecified atom stereocenters. The Morgan fingerprint density at radius 1 is 1.20 bits per heavy atom. The van der Waals surface area contributed by atoms with E-state index >= 15 is 0 Å². The first-order valence-corrected chi connectivity index (χ1v) is 12.3. The number of pyridine rings is 1. The molecule has 1 saturated carbocycles. The van der Waals surface area contributed by atoms with Gasteiger partial charge < -0.3 is 9.47 Å². The molecule has 1 atom stereocenters. The van der Waals surface area contributed by atoms with Crippen molar-refractivity contribution in [2.45, 2.75) is 37.3 Å². The number of carbonyl (C=O) groups is 1. The van der Waals surface area contributed by atoms with E-state index in [0.29, 0.717) is 18.0 Å². The maximum atomic E-state index is 13.3. The van der Waals surface area contributed by atoms with Gasteiger partial charge in [-0.2, -0.15) is 0 Å². The van der Waals surface area contributed by atoms with E-state index in [1.165, 1.54) is 0 Å². The molecule has 3 aliphatic rings. The Kier molecular flexibility index (Phi) is 3.73. The van der Waals surface area contributed by atoms with Crippen molar-refractivity contribution in [1.82, 2.24) is 9.55 Å². The van der Waals surface area contributed by atoms with Gasteiger partial charge in [0.25, 0.3) is 0 Å². The van der Waals surface area contributed by atoms with Crippen molar-refractivity contribution in [3.63, 3.8) is 0 Å². The van der Waals surface area contributed by atoms with Crippen LogP contribution in [0.25, 0.3) is 10.9 Å². The summed E-state index contributed by atoms with van der Waals surface area (Å²) in [6.45, 7) is 0.391. The Morgan fingerprint density at radius 3 is 2.77 bits per heavy atom. The number of hydrogen-bond acceptors (Lipinski definition) is 4. The Balaban J connectivity index is 1.47. The summed E-state index contributed by atoms with van der Waals surface area (Å²) in [6, 6.07) is 9.52. The van der Waals surface area contributed by atoms with Gasteiger partial charge in [-0.15, -0.1) is 0 Å². The number of hydrogen-bond donors (Lipinski definition) is 0. The summed E-state index contributed by atoms with van der Waals surface area (Å²) in [5, 5.41) is 1.59. The van der Waals surface area contributed by atoms with Crippen molar-refractivity contribution in [1.29, 1.82) is 0 Å². The van der Waals surface area contributed by atoms with E-state index in [2.05, 4.69) is 9.55 Å². The van der Waals surface area contributed by atoms with Crippen LogP contribution >= 0.6 is 11.6 Å². The Morgan fingerprint density at radius 2 is 2.03 bits per heavy atom. The Labute approximate surface area is 179 Å². The van der Waals surface area contributed by atoms with Crippen LogP contribution in [-0.2, 0) is 26.6 Å². The first-order chi connectivity index (χ1) is 14.4. The molecule has 2 fully saturated rings. The fraction of sp³-hybridized carbons (Fsp3) is 0.364. The highest BCUT2D eigenvalue weighted by Gasteiger charge is 2.59. The highest BCUT2D eigenvalue weighted by molar-refractivity contribution is 7.91. The molecule has 1 spiro atoms. The topological polar surface area (TPSA) is 72.3 Å². The second kappa shape index (κ2) is 6.08. The molecule has 1 amide bonds. The molecule has 6 rings (SSSR count). The summed E-state index contributed by atoms with van der Waals surface area (Å²) in [7, 11) is -3.05. The summed E-state index contributed by atoms with van der Waals surface area (Å²) >= 11 is 6.21. The van der Waals surface area contributed by atoms with Crippen molar-refractivity contribution >= 4 is 43.9 Å². The van der Waals surface area contributed by atoms with Gasteiger partial charge in [0.1, 0.15) is 0 Å². The summed E-state index contributed by atoms with van der Waals surface area (Å²) in [6.07, 6.45) is 5.84. The van der Waals surface area contributed by atoms with Crippen LogP contribution in [0.1, 0.15) is 36.6 Å². The first-order valence-electron chi connectivity index (χ1n) is 10.1. The van der Waals surface area contributed by atoms with Crippen LogP contribution < -0.4 is 4.90 Å². The fourth-order valence-electron chi connectivity index (χ4n) is 5.21. The van der Waals surface area contributed by atoms with Gasteiger partial charge in [0.05, 0.1) is 35.3 Å². The van der Waals surface area contributed by atoms with Crippen LogP contribution in [0.5, 0.6) is 0 Å². The second-order valence-electron chi connectivity index (χ2n) is 8.63. The number of halogens is 1. The third-order valence-corrected chi connectivity index (χ3v) is 8.77. The predicted molar refractivity (Wildman–Crippen MR) is 116 cm³/mol. The predicted octanol–water partition coefficient (Wildman–Crippen LogP) is 3.63. The van der Waals surface area contributed by atoms with Gasteiger partial charge in [0.15, 0.2) is 9.84 Å². The molecule has 4 heterocycles. The van der Waals surface area contributed by atoms with E-state index in [0.717, 1.165) is 40.7 Å². The van der Waals surface area contributed by atoms with E-state index in [4.69, 9.17) is 11.6 Å². The molecule has 0 bridgehead atoms. The molecule has 0 radical (unpaired) electrons. The van der Waals surface area contributed by atoms with Gasteiger partial charge >= 0.3 is 0 Å². The van der Waals surface area contributed by atoms with Crippen LogP contribution in [-0.4, -0.2) is 35.4 Å². The lowest BCUT2D eigenvalue weighted by Crippen LogP contribution is -2.32. The zero-order chi connectivity index (χ0) is 20.7.